The number of amidine groups is 1. The largest absolute Gasteiger partial charge is 0.489 e. The van der Waals surface area contributed by atoms with Crippen LogP contribution in [0.5, 0.6) is 5.75 Å². The lowest BCUT2D eigenvalue weighted by Crippen LogP contribution is -2.71. The molecule has 2 aliphatic heterocycles. The van der Waals surface area contributed by atoms with E-state index in [4.69, 9.17) is 25.3 Å². The Morgan fingerprint density at radius 2 is 1.95 bits per heavy atom. The fraction of sp³-hybridized carbons (Fsp3) is 0.435. The second-order valence-electron chi connectivity index (χ2n) is 9.51. The lowest BCUT2D eigenvalue weighted by atomic mass is 10.0. The minimum absolute atomic E-state index is 0.0540. The van der Waals surface area contributed by atoms with Crippen molar-refractivity contribution in [3.05, 3.63) is 35.7 Å². The Morgan fingerprint density at radius 1 is 1.28 bits per heavy atom. The molecular weight excluding hydrogens is 610 g/mol. The van der Waals surface area contributed by atoms with Gasteiger partial charge in [-0.1, -0.05) is 5.16 Å². The number of ether oxygens (including phenoxy) is 1. The number of rotatable bonds is 12. The molecule has 20 heteroatoms. The van der Waals surface area contributed by atoms with Crippen LogP contribution >= 0.6 is 11.5 Å². The topological polar surface area (TPSA) is 272 Å². The average Bonchev–Trinajstić information content (AvgIpc) is 3.39. The first-order chi connectivity index (χ1) is 20.3. The summed E-state index contributed by atoms with van der Waals surface area (Å²) < 4.78 is 41.4. The van der Waals surface area contributed by atoms with Crippen molar-refractivity contribution < 1.29 is 42.0 Å². The second kappa shape index (κ2) is 13.3. The van der Waals surface area contributed by atoms with Crippen molar-refractivity contribution >= 4 is 56.3 Å². The lowest BCUT2D eigenvalue weighted by molar-refractivity contribution is -0.152. The lowest BCUT2D eigenvalue weighted by Gasteiger charge is -2.42. The molecule has 2 aromatic rings. The van der Waals surface area contributed by atoms with Gasteiger partial charge in [0.2, 0.25) is 11.5 Å². The van der Waals surface area contributed by atoms with Gasteiger partial charge in [0.05, 0.1) is 6.04 Å². The molecule has 18 nitrogen and oxygen atoms in total. The van der Waals surface area contributed by atoms with E-state index in [1.807, 2.05) is 0 Å². The number of anilines is 1. The van der Waals surface area contributed by atoms with E-state index < -0.39 is 58.6 Å². The van der Waals surface area contributed by atoms with Crippen molar-refractivity contribution in [3.8, 4) is 5.75 Å². The summed E-state index contributed by atoms with van der Waals surface area (Å²) in [6.07, 6.45) is 0.0998. The summed E-state index contributed by atoms with van der Waals surface area (Å²) in [6.45, 7) is 2.49. The number of aromatic nitrogens is 2. The van der Waals surface area contributed by atoms with Crippen molar-refractivity contribution in [2.24, 2.45) is 5.16 Å². The first-order valence-corrected chi connectivity index (χ1v) is 15.0. The predicted octanol–water partition coefficient (Wildman–Crippen LogP) is -1.44. The van der Waals surface area contributed by atoms with E-state index in [2.05, 4.69) is 30.5 Å². The predicted molar refractivity (Wildman–Crippen MR) is 151 cm³/mol. The highest BCUT2D eigenvalue weighted by molar-refractivity contribution is 7.84. The van der Waals surface area contributed by atoms with Gasteiger partial charge in [-0.05, 0) is 57.1 Å². The van der Waals surface area contributed by atoms with Crippen LogP contribution < -0.4 is 26.4 Å². The quantitative estimate of drug-likeness (QED) is 0.0461. The summed E-state index contributed by atoms with van der Waals surface area (Å²) in [5.41, 5.74) is 5.56. The second-order valence-corrected chi connectivity index (χ2v) is 11.6. The minimum Gasteiger partial charge on any atom is -0.489 e. The van der Waals surface area contributed by atoms with Gasteiger partial charge >= 0.3 is 16.3 Å². The van der Waals surface area contributed by atoms with Gasteiger partial charge in [-0.15, -0.1) is 0 Å². The van der Waals surface area contributed by atoms with E-state index in [-0.39, 0.29) is 32.9 Å². The van der Waals surface area contributed by atoms with Gasteiger partial charge in [-0.3, -0.25) is 19.6 Å². The molecule has 8 N–H and O–H groups in total. The molecule has 0 aliphatic carbocycles. The summed E-state index contributed by atoms with van der Waals surface area (Å²) in [5, 5.41) is 30.1. The number of nitrogens with zero attached hydrogens (tertiary/aromatic N) is 4. The number of oxime groups is 1. The maximum atomic E-state index is 13.0. The number of carboxylic acid groups (broad SMARTS) is 1. The Kier molecular flexibility index (Phi) is 9.73. The zero-order chi connectivity index (χ0) is 31.3. The summed E-state index contributed by atoms with van der Waals surface area (Å²) in [6, 6.07) is 4.13. The van der Waals surface area contributed by atoms with Crippen molar-refractivity contribution in [2.75, 3.05) is 25.4 Å². The van der Waals surface area contributed by atoms with Gasteiger partial charge in [0.15, 0.2) is 5.13 Å². The highest BCUT2D eigenvalue weighted by Crippen LogP contribution is 2.23. The summed E-state index contributed by atoms with van der Waals surface area (Å²) >= 11 is 0.704. The SMILES string of the molecule is C[C@H]1[C@H](NC(=O)C(=NOC(COc2ccc(C(=N)NC3CCNCC3)cc2)C(=O)O)c2nsc(N)n2)C(=O)N1S(=O)(=O)O. The molecule has 3 heterocycles. The molecule has 3 atom stereocenters. The molecule has 1 aromatic carbocycles. The summed E-state index contributed by atoms with van der Waals surface area (Å²) in [5.74, 6) is -3.48. The number of hydrogen-bond donors (Lipinski definition) is 7. The number of carbonyl (C=O) groups excluding carboxylic acids is 2. The molecule has 0 spiro atoms. The van der Waals surface area contributed by atoms with E-state index in [0.29, 0.717) is 17.1 Å². The van der Waals surface area contributed by atoms with Crippen LogP contribution in [0.3, 0.4) is 0 Å². The molecule has 4 rings (SSSR count). The Labute approximate surface area is 249 Å². The molecule has 2 aliphatic rings. The van der Waals surface area contributed by atoms with Crippen molar-refractivity contribution in [1.29, 1.82) is 5.41 Å². The van der Waals surface area contributed by atoms with Crippen LogP contribution in [0.1, 0.15) is 31.2 Å². The first-order valence-electron chi connectivity index (χ1n) is 12.8. The highest BCUT2D eigenvalue weighted by Gasteiger charge is 2.51. The Balaban J connectivity index is 1.40. The Hall–Kier alpha value is -4.40. The van der Waals surface area contributed by atoms with Gasteiger partial charge in [0.25, 0.3) is 17.9 Å². The van der Waals surface area contributed by atoms with E-state index >= 15 is 0 Å². The zero-order valence-corrected chi connectivity index (χ0v) is 24.2. The minimum atomic E-state index is -4.83. The van der Waals surface area contributed by atoms with Gasteiger partial charge in [-0.2, -0.15) is 17.8 Å². The number of piperidine rings is 1. The van der Waals surface area contributed by atoms with Crippen LogP contribution in [0.25, 0.3) is 0 Å². The van der Waals surface area contributed by atoms with E-state index in [9.17, 15) is 27.9 Å². The first kappa shape index (κ1) is 31.5. The molecule has 2 fully saturated rings. The van der Waals surface area contributed by atoms with Crippen molar-refractivity contribution in [1.82, 2.24) is 29.6 Å². The van der Waals surface area contributed by atoms with E-state index in [0.717, 1.165) is 25.9 Å². The zero-order valence-electron chi connectivity index (χ0n) is 22.6. The monoisotopic (exact) mass is 639 g/mol. The van der Waals surface area contributed by atoms with Gasteiger partial charge in [-0.25, -0.2) is 9.10 Å². The number of β-lactam (4-membered cyclic amide) rings is 1. The molecule has 1 aromatic heterocycles. The molecule has 232 valence electrons. The molecular formula is C23H29N9O9S2. The summed E-state index contributed by atoms with van der Waals surface area (Å²) in [4.78, 5) is 45.9. The van der Waals surface area contributed by atoms with Gasteiger partial charge in [0.1, 0.15) is 24.2 Å². The molecule has 0 radical (unpaired) electrons. The maximum Gasteiger partial charge on any atom is 0.362 e. The number of hydrogen-bond acceptors (Lipinski definition) is 14. The molecule has 43 heavy (non-hydrogen) atoms. The molecule has 2 saturated heterocycles. The standard InChI is InChI=1S/C23H29N9O9S2/c1-11-16(21(34)32(11)43(37,38)39)28-20(33)17(19-29-23(25)42-31-19)30-41-15(22(35)36)10-40-14-4-2-12(3-5-14)18(24)27-13-6-8-26-9-7-13/h2-5,11,13,15-16,26H,6-10H2,1H3,(H2,24,27)(H,28,33)(H,35,36)(H2,25,29,31)(H,37,38,39)/t11-,15?,16-/m0/s1. The Bertz CT molecular complexity index is 1510. The number of nitrogens with one attached hydrogen (secondary N) is 4. The van der Waals surface area contributed by atoms with E-state index in [1.165, 1.54) is 6.92 Å². The van der Waals surface area contributed by atoms with Crippen LogP contribution in [-0.2, 0) is 29.5 Å². The molecule has 1 unspecified atom stereocenters. The third-order valence-corrected chi connectivity index (χ3v) is 8.07. The molecule has 2 amide bonds. The molecule has 0 bridgehead atoms. The van der Waals surface area contributed by atoms with Gasteiger partial charge in [0, 0.05) is 23.1 Å². The highest BCUT2D eigenvalue weighted by atomic mass is 32.2. The van der Waals surface area contributed by atoms with E-state index in [1.54, 1.807) is 24.3 Å². The van der Waals surface area contributed by atoms with Crippen molar-refractivity contribution in [2.45, 2.75) is 44.0 Å². The van der Waals surface area contributed by atoms with Crippen LogP contribution in [0.2, 0.25) is 0 Å². The Morgan fingerprint density at radius 3 is 2.51 bits per heavy atom. The number of carboxylic acids is 1. The smallest absolute Gasteiger partial charge is 0.362 e. The number of nitrogens with two attached hydrogens (primary N) is 1. The third kappa shape index (κ3) is 7.71. The average molecular weight is 640 g/mol. The maximum absolute atomic E-state index is 13.0. The number of amides is 2. The summed E-state index contributed by atoms with van der Waals surface area (Å²) in [7, 11) is -4.83. The third-order valence-electron chi connectivity index (χ3n) is 6.52. The number of benzene rings is 1. The van der Waals surface area contributed by atoms with Gasteiger partial charge < -0.3 is 36.4 Å². The van der Waals surface area contributed by atoms with Crippen LogP contribution in [-0.4, -0.2) is 105 Å². The van der Waals surface area contributed by atoms with Crippen molar-refractivity contribution in [3.63, 3.8) is 0 Å². The number of aliphatic carboxylic acids is 1. The normalized spacial score (nSPS) is 20.1. The van der Waals surface area contributed by atoms with Crippen LogP contribution in [0.15, 0.2) is 29.4 Å². The van der Waals surface area contributed by atoms with Crippen LogP contribution in [0.4, 0.5) is 5.13 Å². The number of carbonyl (C=O) groups is 3. The molecule has 0 saturated carbocycles. The van der Waals surface area contributed by atoms with Crippen LogP contribution in [0, 0.1) is 5.41 Å². The fourth-order valence-electron chi connectivity index (χ4n) is 4.23. The number of nitrogen functional groups attached to an aromatic ring is 1. The fourth-order valence-corrected chi connectivity index (χ4v) is 5.55.